The fraction of sp³-hybridized carbons (Fsp3) is 0.560. The van der Waals surface area contributed by atoms with Crippen LogP contribution in [0.4, 0.5) is 0 Å². The van der Waals surface area contributed by atoms with Gasteiger partial charge in [-0.1, -0.05) is 49.3 Å². The van der Waals surface area contributed by atoms with Crippen LogP contribution in [0.25, 0.3) is 5.57 Å². The Morgan fingerprint density at radius 2 is 1.91 bits per heavy atom. The molecular formula is C25H34N2O4S. The Morgan fingerprint density at radius 1 is 1.22 bits per heavy atom. The summed E-state index contributed by atoms with van der Waals surface area (Å²) in [5.74, 6) is 6.42. The van der Waals surface area contributed by atoms with Gasteiger partial charge in [-0.25, -0.2) is 13.9 Å². The average Bonchev–Trinajstić information content (AvgIpc) is 2.81. The molecule has 0 spiro atoms. The molecule has 174 valence electrons. The number of carbonyl (C=O) groups is 1. The third-order valence-electron chi connectivity index (χ3n) is 6.88. The Labute approximate surface area is 192 Å². The Hall–Kier alpha value is -2.14. The maximum atomic E-state index is 12.1. The molecule has 1 fully saturated rings. The summed E-state index contributed by atoms with van der Waals surface area (Å²) >= 11 is 0. The van der Waals surface area contributed by atoms with Crippen molar-refractivity contribution in [3.63, 3.8) is 0 Å². The van der Waals surface area contributed by atoms with Gasteiger partial charge in [0.05, 0.1) is 0 Å². The largest absolute Gasteiger partial charge is 0.299 e. The molecule has 0 radical (unpaired) electrons. The summed E-state index contributed by atoms with van der Waals surface area (Å²) in [4.78, 5) is 14.1. The van der Waals surface area contributed by atoms with E-state index in [2.05, 4.69) is 47.1 Å². The van der Waals surface area contributed by atoms with Crippen LogP contribution in [0.3, 0.4) is 0 Å². The van der Waals surface area contributed by atoms with E-state index in [0.717, 1.165) is 24.8 Å². The Kier molecular flexibility index (Phi) is 8.16. The van der Waals surface area contributed by atoms with Crippen molar-refractivity contribution in [2.75, 3.05) is 25.9 Å². The average molecular weight is 459 g/mol. The van der Waals surface area contributed by atoms with Crippen molar-refractivity contribution >= 4 is 21.3 Å². The maximum Gasteiger partial charge on any atom is 0.264 e. The molecular weight excluding hydrogens is 424 g/mol. The third kappa shape index (κ3) is 6.00. The van der Waals surface area contributed by atoms with E-state index in [-0.39, 0.29) is 6.42 Å². The van der Waals surface area contributed by atoms with Gasteiger partial charge in [-0.15, -0.1) is 0 Å². The molecule has 1 aromatic rings. The van der Waals surface area contributed by atoms with Crippen molar-refractivity contribution in [1.82, 2.24) is 10.4 Å². The van der Waals surface area contributed by atoms with Gasteiger partial charge in [-0.05, 0) is 55.9 Å². The van der Waals surface area contributed by atoms with Crippen LogP contribution in [0.15, 0.2) is 30.3 Å². The Bertz CT molecular complexity index is 999. The maximum absolute atomic E-state index is 12.1. The second-order valence-electron chi connectivity index (χ2n) is 9.16. The highest BCUT2D eigenvalue weighted by molar-refractivity contribution is 7.92. The smallest absolute Gasteiger partial charge is 0.264 e. The molecule has 3 rings (SSSR count). The minimum absolute atomic E-state index is 0.121. The van der Waals surface area contributed by atoms with E-state index < -0.39 is 20.5 Å². The summed E-state index contributed by atoms with van der Waals surface area (Å²) in [5.41, 5.74) is 5.02. The van der Waals surface area contributed by atoms with Gasteiger partial charge in [0.1, 0.15) is 0 Å². The summed E-state index contributed by atoms with van der Waals surface area (Å²) in [7, 11) is -3.67. The lowest BCUT2D eigenvalue weighted by Crippen LogP contribution is -2.51. The molecule has 1 aliphatic heterocycles. The predicted molar refractivity (Wildman–Crippen MR) is 127 cm³/mol. The second kappa shape index (κ2) is 10.7. The summed E-state index contributed by atoms with van der Waals surface area (Å²) in [6.45, 7) is 3.29. The lowest BCUT2D eigenvalue weighted by atomic mass is 9.89. The number of nitrogens with one attached hydrogen (secondary N) is 1. The molecule has 6 nitrogen and oxygen atoms in total. The van der Waals surface area contributed by atoms with Crippen molar-refractivity contribution in [1.29, 1.82) is 0 Å². The van der Waals surface area contributed by atoms with Crippen LogP contribution in [-0.4, -0.2) is 55.1 Å². The molecule has 32 heavy (non-hydrogen) atoms. The molecule has 1 heterocycles. The van der Waals surface area contributed by atoms with Gasteiger partial charge in [0.25, 0.3) is 5.91 Å². The van der Waals surface area contributed by atoms with Gasteiger partial charge in [0.15, 0.2) is 14.6 Å². The molecule has 1 atom stereocenters. The van der Waals surface area contributed by atoms with Crippen molar-refractivity contribution in [3.8, 4) is 11.8 Å². The number of sulfone groups is 1. The predicted octanol–water partition coefficient (Wildman–Crippen LogP) is 3.41. The molecule has 7 heteroatoms. The zero-order valence-electron chi connectivity index (χ0n) is 19.1. The highest BCUT2D eigenvalue weighted by atomic mass is 32.2. The molecule has 0 saturated heterocycles. The number of rotatable bonds is 6. The van der Waals surface area contributed by atoms with Crippen LogP contribution >= 0.6 is 0 Å². The molecule has 0 aromatic heterocycles. The SMILES string of the molecule is CC(CCN1CC=C(c2ccc(C#CC3CCCCC3)cc2)CC1)(C(=O)NO)S(C)(=O)=O. The van der Waals surface area contributed by atoms with E-state index in [4.69, 9.17) is 5.21 Å². The normalized spacial score (nSPS) is 19.9. The van der Waals surface area contributed by atoms with Crippen molar-refractivity contribution in [2.24, 2.45) is 5.92 Å². The first-order valence-electron chi connectivity index (χ1n) is 11.4. The fourth-order valence-electron chi connectivity index (χ4n) is 4.33. The first-order valence-corrected chi connectivity index (χ1v) is 13.3. The Balaban J connectivity index is 1.57. The molecule has 1 aliphatic carbocycles. The highest BCUT2D eigenvalue weighted by Crippen LogP contribution is 2.26. The van der Waals surface area contributed by atoms with E-state index in [1.54, 1.807) is 0 Å². The monoisotopic (exact) mass is 458 g/mol. The van der Waals surface area contributed by atoms with Gasteiger partial charge < -0.3 is 0 Å². The van der Waals surface area contributed by atoms with Crippen LogP contribution in [0, 0.1) is 17.8 Å². The van der Waals surface area contributed by atoms with Crippen LogP contribution < -0.4 is 5.48 Å². The topological polar surface area (TPSA) is 86.7 Å². The first kappa shape index (κ1) is 24.5. The molecule has 2 aliphatic rings. The number of amides is 1. The quantitative estimate of drug-likeness (QED) is 0.388. The van der Waals surface area contributed by atoms with Gasteiger partial charge in [0, 0.05) is 37.4 Å². The number of benzene rings is 1. The van der Waals surface area contributed by atoms with E-state index in [9.17, 15) is 13.2 Å². The molecule has 2 N–H and O–H groups in total. The standard InChI is InChI=1S/C25H34N2O4S/c1-25(24(28)26-29,32(2,30)31)16-19-27-17-14-23(15-18-27)22-12-10-21(11-13-22)9-8-20-6-4-3-5-7-20/h10-14,20,29H,3-7,15-19H2,1-2H3,(H,26,28). The molecule has 1 aromatic carbocycles. The lowest BCUT2D eigenvalue weighted by molar-refractivity contribution is -0.131. The van der Waals surface area contributed by atoms with Crippen LogP contribution in [0.2, 0.25) is 0 Å². The van der Waals surface area contributed by atoms with E-state index >= 15 is 0 Å². The zero-order chi connectivity index (χ0) is 23.2. The number of nitrogens with zero attached hydrogens (tertiary/aromatic N) is 1. The van der Waals surface area contributed by atoms with Crippen molar-refractivity contribution in [3.05, 3.63) is 41.5 Å². The summed E-state index contributed by atoms with van der Waals surface area (Å²) in [5, 5.41) is 8.96. The number of hydrogen-bond donors (Lipinski definition) is 2. The van der Waals surface area contributed by atoms with Gasteiger partial charge in [-0.2, -0.15) is 0 Å². The van der Waals surface area contributed by atoms with Crippen LogP contribution in [0.5, 0.6) is 0 Å². The first-order chi connectivity index (χ1) is 15.2. The second-order valence-corrected chi connectivity index (χ2v) is 11.6. The van der Waals surface area contributed by atoms with Gasteiger partial charge >= 0.3 is 0 Å². The molecule has 1 saturated carbocycles. The van der Waals surface area contributed by atoms with Gasteiger partial charge in [0.2, 0.25) is 0 Å². The van der Waals surface area contributed by atoms with E-state index in [1.807, 2.05) is 0 Å². The molecule has 1 amide bonds. The third-order valence-corrected chi connectivity index (χ3v) is 8.91. The van der Waals surface area contributed by atoms with Crippen LogP contribution in [-0.2, 0) is 14.6 Å². The minimum Gasteiger partial charge on any atom is -0.299 e. The van der Waals surface area contributed by atoms with E-state index in [1.165, 1.54) is 55.6 Å². The van der Waals surface area contributed by atoms with Crippen molar-refractivity contribution in [2.45, 2.75) is 56.6 Å². The van der Waals surface area contributed by atoms with E-state index in [0.29, 0.717) is 19.0 Å². The highest BCUT2D eigenvalue weighted by Gasteiger charge is 2.43. The van der Waals surface area contributed by atoms with Gasteiger partial charge in [-0.3, -0.25) is 14.9 Å². The number of carbonyl (C=O) groups excluding carboxylic acids is 1. The number of hydrogen-bond acceptors (Lipinski definition) is 5. The number of hydroxylamine groups is 1. The minimum atomic E-state index is -3.67. The fourth-order valence-corrected chi connectivity index (χ4v) is 5.18. The molecule has 1 unspecified atom stereocenters. The van der Waals surface area contributed by atoms with Crippen LogP contribution in [0.1, 0.15) is 63.0 Å². The summed E-state index contributed by atoms with van der Waals surface area (Å²) in [6.07, 6.45) is 10.6. The summed E-state index contributed by atoms with van der Waals surface area (Å²) < 4.78 is 22.6. The lowest BCUT2D eigenvalue weighted by Gasteiger charge is -2.31. The zero-order valence-corrected chi connectivity index (χ0v) is 19.9. The van der Waals surface area contributed by atoms with Crippen molar-refractivity contribution < 1.29 is 18.4 Å². The Morgan fingerprint density at radius 3 is 2.47 bits per heavy atom. The summed E-state index contributed by atoms with van der Waals surface area (Å²) in [6, 6.07) is 8.42. The molecule has 0 bridgehead atoms.